The molecule has 0 unspecified atom stereocenters. The van der Waals surface area contributed by atoms with Crippen molar-refractivity contribution >= 4 is 9.84 Å². The summed E-state index contributed by atoms with van der Waals surface area (Å²) in [6.07, 6.45) is 1.69. The maximum atomic E-state index is 11.7. The Morgan fingerprint density at radius 3 is 2.62 bits per heavy atom. The van der Waals surface area contributed by atoms with E-state index < -0.39 is 9.84 Å². The predicted octanol–water partition coefficient (Wildman–Crippen LogP) is 0.473. The first kappa shape index (κ1) is 13.2. The van der Waals surface area contributed by atoms with Gasteiger partial charge in [0, 0.05) is 19.3 Å². The number of hydrogen-bond donors (Lipinski definition) is 1. The lowest BCUT2D eigenvalue weighted by molar-refractivity contribution is 0.577. The van der Waals surface area contributed by atoms with Gasteiger partial charge in [-0.1, -0.05) is 0 Å². The topological polar surface area (TPSA) is 78.0 Å². The fourth-order valence-electron chi connectivity index (χ4n) is 1.44. The van der Waals surface area contributed by atoms with Gasteiger partial charge in [-0.15, -0.1) is 0 Å². The highest BCUT2D eigenvalue weighted by atomic mass is 32.2. The van der Waals surface area contributed by atoms with Gasteiger partial charge >= 0.3 is 0 Å². The third kappa shape index (κ3) is 2.82. The Morgan fingerprint density at radius 2 is 2.12 bits per heavy atom. The minimum atomic E-state index is -3.01. The molecule has 1 heterocycles. The maximum Gasteiger partial charge on any atom is 0.154 e. The molecule has 92 valence electrons. The summed E-state index contributed by atoms with van der Waals surface area (Å²) in [7, 11) is -3.01. The van der Waals surface area contributed by atoms with Crippen LogP contribution < -0.4 is 5.73 Å². The van der Waals surface area contributed by atoms with Crippen molar-refractivity contribution < 1.29 is 8.42 Å². The smallest absolute Gasteiger partial charge is 0.154 e. The molecule has 1 rings (SSSR count). The maximum absolute atomic E-state index is 11.7. The molecule has 0 radical (unpaired) electrons. The van der Waals surface area contributed by atoms with Crippen LogP contribution in [0.15, 0.2) is 6.20 Å². The highest BCUT2D eigenvalue weighted by Gasteiger charge is 2.17. The minimum absolute atomic E-state index is 0.134. The van der Waals surface area contributed by atoms with Gasteiger partial charge in [0.2, 0.25) is 0 Å². The molecule has 1 aromatic heterocycles. The number of imidazole rings is 1. The van der Waals surface area contributed by atoms with Crippen LogP contribution in [0.3, 0.4) is 0 Å². The average molecular weight is 245 g/mol. The highest BCUT2D eigenvalue weighted by molar-refractivity contribution is 7.91. The van der Waals surface area contributed by atoms with E-state index >= 15 is 0 Å². The van der Waals surface area contributed by atoms with E-state index in [2.05, 4.69) is 4.98 Å². The van der Waals surface area contributed by atoms with E-state index in [1.54, 1.807) is 20.0 Å². The molecule has 1 aromatic rings. The Balaban J connectivity index is 2.79. The van der Waals surface area contributed by atoms with Crippen molar-refractivity contribution in [1.29, 1.82) is 0 Å². The van der Waals surface area contributed by atoms with Crippen LogP contribution in [0.5, 0.6) is 0 Å². The summed E-state index contributed by atoms with van der Waals surface area (Å²) in [5.41, 5.74) is 6.42. The first-order valence-corrected chi connectivity index (χ1v) is 7.02. The normalized spacial score (nSPS) is 12.3. The summed E-state index contributed by atoms with van der Waals surface area (Å²) in [4.78, 5) is 4.12. The molecule has 0 saturated carbocycles. The van der Waals surface area contributed by atoms with Crippen LogP contribution in [0, 0.1) is 6.92 Å². The second kappa shape index (κ2) is 4.97. The molecule has 0 aliphatic rings. The molecule has 6 heteroatoms. The zero-order valence-electron chi connectivity index (χ0n) is 9.97. The first-order valence-electron chi connectivity index (χ1n) is 5.31. The van der Waals surface area contributed by atoms with Crippen molar-refractivity contribution in [3.63, 3.8) is 0 Å². The molecule has 0 aromatic carbocycles. The average Bonchev–Trinajstić information content (AvgIpc) is 2.56. The van der Waals surface area contributed by atoms with E-state index in [-0.39, 0.29) is 11.0 Å². The Labute approximate surface area is 96.6 Å². The summed E-state index contributed by atoms with van der Waals surface area (Å²) in [5, 5.41) is -0.336. The van der Waals surface area contributed by atoms with Crippen molar-refractivity contribution in [1.82, 2.24) is 9.55 Å². The molecule has 0 atom stereocenters. The molecule has 5 nitrogen and oxygen atoms in total. The van der Waals surface area contributed by atoms with Crippen LogP contribution in [-0.2, 0) is 22.9 Å². The van der Waals surface area contributed by atoms with E-state index in [1.165, 1.54) is 0 Å². The van der Waals surface area contributed by atoms with Crippen molar-refractivity contribution in [3.05, 3.63) is 17.7 Å². The number of hydrogen-bond acceptors (Lipinski definition) is 4. The van der Waals surface area contributed by atoms with Gasteiger partial charge in [0.1, 0.15) is 5.82 Å². The Kier molecular flexibility index (Phi) is 4.09. The summed E-state index contributed by atoms with van der Waals surface area (Å²) in [5.74, 6) is 0.939. The number of nitrogens with zero attached hydrogens (tertiary/aromatic N) is 2. The second-order valence-electron chi connectivity index (χ2n) is 4.07. The number of rotatable bonds is 5. The summed E-state index contributed by atoms with van der Waals surface area (Å²) < 4.78 is 25.2. The SMILES string of the molecule is Cc1ncc(CN)n1CCS(=O)(=O)C(C)C. The highest BCUT2D eigenvalue weighted by Crippen LogP contribution is 2.07. The van der Waals surface area contributed by atoms with E-state index in [9.17, 15) is 8.42 Å². The minimum Gasteiger partial charge on any atom is -0.330 e. The molecule has 0 amide bonds. The quantitative estimate of drug-likeness (QED) is 0.818. The molecule has 2 N–H and O–H groups in total. The van der Waals surface area contributed by atoms with Crippen molar-refractivity contribution in [2.24, 2.45) is 5.73 Å². The van der Waals surface area contributed by atoms with Crippen LogP contribution in [0.25, 0.3) is 0 Å². The molecule has 0 saturated heterocycles. The molecular weight excluding hydrogens is 226 g/mol. The van der Waals surface area contributed by atoms with Crippen LogP contribution in [0.1, 0.15) is 25.4 Å². The zero-order valence-corrected chi connectivity index (χ0v) is 10.8. The van der Waals surface area contributed by atoms with E-state index in [0.29, 0.717) is 13.1 Å². The Hall–Kier alpha value is -0.880. The number of sulfone groups is 1. The van der Waals surface area contributed by atoms with Gasteiger partial charge in [0.15, 0.2) is 9.84 Å². The van der Waals surface area contributed by atoms with E-state index in [1.807, 2.05) is 11.5 Å². The van der Waals surface area contributed by atoms with Gasteiger partial charge < -0.3 is 10.3 Å². The molecule has 0 spiro atoms. The predicted molar refractivity (Wildman–Crippen MR) is 63.8 cm³/mol. The summed E-state index contributed by atoms with van der Waals surface area (Å²) in [6, 6.07) is 0. The zero-order chi connectivity index (χ0) is 12.3. The largest absolute Gasteiger partial charge is 0.330 e. The third-order valence-corrected chi connectivity index (χ3v) is 4.85. The third-order valence-electron chi connectivity index (χ3n) is 2.66. The van der Waals surface area contributed by atoms with E-state index in [4.69, 9.17) is 5.73 Å². The van der Waals surface area contributed by atoms with Gasteiger partial charge in [-0.2, -0.15) is 0 Å². The number of nitrogens with two attached hydrogens (primary N) is 1. The summed E-state index contributed by atoms with van der Waals surface area (Å²) >= 11 is 0. The molecule has 0 aliphatic carbocycles. The van der Waals surface area contributed by atoms with Gasteiger partial charge in [0.05, 0.1) is 16.7 Å². The second-order valence-corrected chi connectivity index (χ2v) is 6.75. The van der Waals surface area contributed by atoms with Crippen LogP contribution in [0.2, 0.25) is 0 Å². The lowest BCUT2D eigenvalue weighted by Crippen LogP contribution is -2.22. The van der Waals surface area contributed by atoms with Crippen LogP contribution in [0.4, 0.5) is 0 Å². The number of aromatic nitrogens is 2. The fraction of sp³-hybridized carbons (Fsp3) is 0.700. The Bertz CT molecular complexity index is 449. The fourth-order valence-corrected chi connectivity index (χ4v) is 2.35. The van der Waals surface area contributed by atoms with Crippen LogP contribution >= 0.6 is 0 Å². The Morgan fingerprint density at radius 1 is 1.50 bits per heavy atom. The first-order chi connectivity index (χ1) is 7.38. The standard InChI is InChI=1S/C10H19N3O2S/c1-8(2)16(14,15)5-4-13-9(3)12-7-10(13)6-11/h7-8H,4-6,11H2,1-3H3. The van der Waals surface area contributed by atoms with Gasteiger partial charge in [0.25, 0.3) is 0 Å². The summed E-state index contributed by atoms with van der Waals surface area (Å²) in [6.45, 7) is 6.04. The molecule has 0 aliphatic heterocycles. The molecular formula is C10H19N3O2S. The van der Waals surface area contributed by atoms with Gasteiger partial charge in [-0.3, -0.25) is 0 Å². The van der Waals surface area contributed by atoms with E-state index in [0.717, 1.165) is 11.5 Å². The monoisotopic (exact) mass is 245 g/mol. The lowest BCUT2D eigenvalue weighted by Gasteiger charge is -2.11. The van der Waals surface area contributed by atoms with Crippen LogP contribution in [-0.4, -0.2) is 29.0 Å². The van der Waals surface area contributed by atoms with Crippen molar-refractivity contribution in [2.45, 2.75) is 39.1 Å². The number of aryl methyl sites for hydroxylation is 1. The van der Waals surface area contributed by atoms with Gasteiger partial charge in [-0.25, -0.2) is 13.4 Å². The lowest BCUT2D eigenvalue weighted by atomic mass is 10.4. The van der Waals surface area contributed by atoms with Crippen molar-refractivity contribution in [3.8, 4) is 0 Å². The van der Waals surface area contributed by atoms with Crippen molar-refractivity contribution in [2.75, 3.05) is 5.75 Å². The molecule has 0 fully saturated rings. The molecule has 0 bridgehead atoms. The molecule has 16 heavy (non-hydrogen) atoms. The van der Waals surface area contributed by atoms with Gasteiger partial charge in [-0.05, 0) is 20.8 Å².